The Balaban J connectivity index is 1.80. The zero-order chi connectivity index (χ0) is 22.1. The molecule has 0 saturated carbocycles. The van der Waals surface area contributed by atoms with Gasteiger partial charge in [0, 0.05) is 24.7 Å². The van der Waals surface area contributed by atoms with E-state index >= 15 is 0 Å². The molecule has 6 heteroatoms. The van der Waals surface area contributed by atoms with Crippen LogP contribution in [0.15, 0.2) is 36.4 Å². The van der Waals surface area contributed by atoms with Crippen LogP contribution in [-0.2, 0) is 12.0 Å². The molecule has 0 radical (unpaired) electrons. The summed E-state index contributed by atoms with van der Waals surface area (Å²) in [5.74, 6) is 0.444. The predicted octanol–water partition coefficient (Wildman–Crippen LogP) is 3.77. The van der Waals surface area contributed by atoms with Crippen molar-refractivity contribution in [3.8, 4) is 5.75 Å². The first-order chi connectivity index (χ1) is 14.2. The first kappa shape index (κ1) is 21.6. The lowest BCUT2D eigenvalue weighted by Gasteiger charge is -2.20. The minimum absolute atomic E-state index is 0.0288. The molecule has 0 spiro atoms. The summed E-state index contributed by atoms with van der Waals surface area (Å²) in [6, 6.07) is 11.2. The van der Waals surface area contributed by atoms with E-state index in [2.05, 4.69) is 26.1 Å². The number of ketones is 1. The number of ether oxygens (including phenoxy) is 1. The van der Waals surface area contributed by atoms with E-state index in [1.54, 1.807) is 24.1 Å². The van der Waals surface area contributed by atoms with E-state index in [-0.39, 0.29) is 29.5 Å². The number of fused-ring (bicyclic) bond motifs is 1. The van der Waals surface area contributed by atoms with Gasteiger partial charge in [-0.25, -0.2) is 0 Å². The number of carbonyl (C=O) groups excluding carboxylic acids is 2. The molecule has 2 aromatic rings. The van der Waals surface area contributed by atoms with Crippen LogP contribution in [0.5, 0.6) is 5.75 Å². The molecule has 0 aromatic heterocycles. The highest BCUT2D eigenvalue weighted by Gasteiger charge is 2.29. The Labute approximate surface area is 177 Å². The highest BCUT2D eigenvalue weighted by molar-refractivity contribution is 6.07. The maximum Gasteiger partial charge on any atom is 0.254 e. The summed E-state index contributed by atoms with van der Waals surface area (Å²) in [5.41, 5.74) is 3.77. The monoisotopic (exact) mass is 407 g/mol. The second kappa shape index (κ2) is 8.30. The van der Waals surface area contributed by atoms with Gasteiger partial charge in [0.1, 0.15) is 11.6 Å². The minimum atomic E-state index is -0.262. The van der Waals surface area contributed by atoms with Crippen LogP contribution in [0, 0.1) is 5.41 Å². The second-order valence-corrected chi connectivity index (χ2v) is 8.47. The van der Waals surface area contributed by atoms with Crippen molar-refractivity contribution in [1.82, 2.24) is 10.2 Å². The average molecular weight is 408 g/mol. The lowest BCUT2D eigenvalue weighted by atomic mass is 9.86. The molecule has 6 nitrogen and oxygen atoms in total. The van der Waals surface area contributed by atoms with E-state index in [9.17, 15) is 9.59 Å². The van der Waals surface area contributed by atoms with Gasteiger partial charge in [0.25, 0.3) is 5.91 Å². The molecule has 0 saturated heterocycles. The van der Waals surface area contributed by atoms with Gasteiger partial charge < -0.3 is 15.0 Å². The summed E-state index contributed by atoms with van der Waals surface area (Å²) >= 11 is 0. The van der Waals surface area contributed by atoms with Crippen molar-refractivity contribution in [3.05, 3.63) is 64.2 Å². The van der Waals surface area contributed by atoms with Crippen LogP contribution >= 0.6 is 0 Å². The minimum Gasteiger partial charge on any atom is -0.493 e. The van der Waals surface area contributed by atoms with Gasteiger partial charge in [0.2, 0.25) is 0 Å². The zero-order valence-electron chi connectivity index (χ0n) is 18.3. The summed E-state index contributed by atoms with van der Waals surface area (Å²) in [5, 5.41) is 11.1. The van der Waals surface area contributed by atoms with Crippen molar-refractivity contribution in [2.45, 2.75) is 39.7 Å². The van der Waals surface area contributed by atoms with Gasteiger partial charge in [-0.1, -0.05) is 45.0 Å². The van der Waals surface area contributed by atoms with Crippen LogP contribution < -0.4 is 10.1 Å². The molecule has 0 atom stereocenters. The summed E-state index contributed by atoms with van der Waals surface area (Å²) in [6.07, 6.45) is 0. The third kappa shape index (κ3) is 4.22. The maximum absolute atomic E-state index is 12.8. The number of Topliss-reactive ketones (excluding diaryl/α,β-unsaturated/α-hetero) is 1. The largest absolute Gasteiger partial charge is 0.493 e. The van der Waals surface area contributed by atoms with Crippen LogP contribution in [0.2, 0.25) is 0 Å². The van der Waals surface area contributed by atoms with E-state index in [4.69, 9.17) is 10.1 Å². The van der Waals surface area contributed by atoms with Gasteiger partial charge in [0.05, 0.1) is 18.7 Å². The number of carbonyl (C=O) groups is 2. The SMILES string of the molecule is CCOc1cc2c(cc1C(=O)NC)C(=N)N(CC(=O)c1ccc(C(C)(C)C)cc1)C2. The Kier molecular flexibility index (Phi) is 5.97. The number of benzene rings is 2. The predicted molar refractivity (Wildman–Crippen MR) is 118 cm³/mol. The molecule has 0 unspecified atom stereocenters. The fourth-order valence-electron chi connectivity index (χ4n) is 3.57. The normalized spacial score (nSPS) is 13.2. The molecular weight excluding hydrogens is 378 g/mol. The molecule has 1 amide bonds. The number of nitrogens with one attached hydrogen (secondary N) is 2. The van der Waals surface area contributed by atoms with Gasteiger partial charge in [-0.05, 0) is 35.6 Å². The molecular formula is C24H29N3O3. The van der Waals surface area contributed by atoms with Crippen molar-refractivity contribution >= 4 is 17.5 Å². The molecule has 0 aliphatic carbocycles. The number of amidine groups is 1. The number of rotatable bonds is 6. The van der Waals surface area contributed by atoms with Crippen molar-refractivity contribution < 1.29 is 14.3 Å². The molecule has 0 bridgehead atoms. The Morgan fingerprint density at radius 3 is 2.40 bits per heavy atom. The number of nitrogens with zero attached hydrogens (tertiary/aromatic N) is 1. The molecule has 1 aliphatic rings. The van der Waals surface area contributed by atoms with Crippen LogP contribution in [0.25, 0.3) is 0 Å². The van der Waals surface area contributed by atoms with Crippen molar-refractivity contribution in [2.75, 3.05) is 20.2 Å². The summed E-state index contributed by atoms with van der Waals surface area (Å²) in [4.78, 5) is 26.8. The topological polar surface area (TPSA) is 82.5 Å². The fourth-order valence-corrected chi connectivity index (χ4v) is 3.57. The number of amides is 1. The maximum atomic E-state index is 12.8. The van der Waals surface area contributed by atoms with Crippen molar-refractivity contribution in [1.29, 1.82) is 5.41 Å². The van der Waals surface area contributed by atoms with Crippen molar-refractivity contribution in [3.63, 3.8) is 0 Å². The summed E-state index contributed by atoms with van der Waals surface area (Å²) in [7, 11) is 1.56. The molecule has 1 aliphatic heterocycles. The molecule has 0 fully saturated rings. The van der Waals surface area contributed by atoms with Crippen LogP contribution in [0.4, 0.5) is 0 Å². The van der Waals surface area contributed by atoms with E-state index < -0.39 is 0 Å². The van der Waals surface area contributed by atoms with Gasteiger partial charge in [0.15, 0.2) is 5.78 Å². The fraction of sp³-hybridized carbons (Fsp3) is 0.375. The van der Waals surface area contributed by atoms with Crippen molar-refractivity contribution in [2.24, 2.45) is 0 Å². The second-order valence-electron chi connectivity index (χ2n) is 8.47. The van der Waals surface area contributed by atoms with E-state index in [1.807, 2.05) is 31.2 Å². The molecule has 30 heavy (non-hydrogen) atoms. The van der Waals surface area contributed by atoms with Gasteiger partial charge in [-0.15, -0.1) is 0 Å². The lowest BCUT2D eigenvalue weighted by molar-refractivity contribution is 0.0953. The van der Waals surface area contributed by atoms with Crippen LogP contribution in [0.1, 0.15) is 65.1 Å². The van der Waals surface area contributed by atoms with Gasteiger partial charge >= 0.3 is 0 Å². The Morgan fingerprint density at radius 1 is 1.17 bits per heavy atom. The van der Waals surface area contributed by atoms with E-state index in [0.717, 1.165) is 5.56 Å². The zero-order valence-corrected chi connectivity index (χ0v) is 18.3. The van der Waals surface area contributed by atoms with Gasteiger partial charge in [-0.2, -0.15) is 0 Å². The molecule has 2 N–H and O–H groups in total. The highest BCUT2D eigenvalue weighted by atomic mass is 16.5. The smallest absolute Gasteiger partial charge is 0.254 e. The van der Waals surface area contributed by atoms with Crippen LogP contribution in [-0.4, -0.2) is 42.6 Å². The molecule has 2 aromatic carbocycles. The molecule has 158 valence electrons. The Morgan fingerprint density at radius 2 is 1.83 bits per heavy atom. The standard InChI is InChI=1S/C24H29N3O3/c1-6-30-21-11-16-13-27(22(25)18(16)12-19(21)23(29)26-5)14-20(28)15-7-9-17(10-8-15)24(2,3)4/h7-12,25H,6,13-14H2,1-5H3,(H,26,29). The van der Waals surface area contributed by atoms with Crippen LogP contribution in [0.3, 0.4) is 0 Å². The van der Waals surface area contributed by atoms with E-state index in [0.29, 0.717) is 35.6 Å². The highest BCUT2D eigenvalue weighted by Crippen LogP contribution is 2.31. The van der Waals surface area contributed by atoms with Gasteiger partial charge in [-0.3, -0.25) is 15.0 Å². The first-order valence-electron chi connectivity index (χ1n) is 10.1. The Bertz CT molecular complexity index is 988. The van der Waals surface area contributed by atoms with E-state index in [1.165, 1.54) is 5.56 Å². The quantitative estimate of drug-likeness (QED) is 0.714. The molecule has 1 heterocycles. The summed E-state index contributed by atoms with van der Waals surface area (Å²) in [6.45, 7) is 9.25. The lowest BCUT2D eigenvalue weighted by Crippen LogP contribution is -2.30. The number of hydrogen-bond acceptors (Lipinski definition) is 4. The third-order valence-electron chi connectivity index (χ3n) is 5.32. The first-order valence-corrected chi connectivity index (χ1v) is 10.1. The average Bonchev–Trinajstić information content (AvgIpc) is 3.01. The third-order valence-corrected chi connectivity index (χ3v) is 5.32. The Hall–Kier alpha value is -3.15. The molecule has 3 rings (SSSR count). The number of hydrogen-bond donors (Lipinski definition) is 2. The summed E-state index contributed by atoms with van der Waals surface area (Å²) < 4.78 is 5.63.